The largest absolute Gasteiger partial charge is 0.496 e. The van der Waals surface area contributed by atoms with Crippen molar-refractivity contribution in [3.05, 3.63) is 28.8 Å². The van der Waals surface area contributed by atoms with Gasteiger partial charge in [0.1, 0.15) is 11.2 Å². The molecular formula is C13H15NO2. The molecule has 0 radical (unpaired) electrons. The average molecular weight is 217 g/mol. The molecule has 2 rings (SSSR count). The Kier molecular flexibility index (Phi) is 2.61. The molecule has 1 aliphatic rings. The second-order valence-corrected chi connectivity index (χ2v) is 4.33. The van der Waals surface area contributed by atoms with Gasteiger partial charge in [0.05, 0.1) is 26.4 Å². The zero-order valence-electron chi connectivity index (χ0n) is 9.83. The second-order valence-electron chi connectivity index (χ2n) is 4.33. The SMILES string of the molecule is COc1c(C)cc(C2(C#N)COC2)cc1C. The molecule has 84 valence electrons. The van der Waals surface area contributed by atoms with Crippen LogP contribution in [-0.4, -0.2) is 20.3 Å². The van der Waals surface area contributed by atoms with Gasteiger partial charge >= 0.3 is 0 Å². The fourth-order valence-electron chi connectivity index (χ4n) is 2.15. The Hall–Kier alpha value is -1.53. The number of aryl methyl sites for hydroxylation is 2. The van der Waals surface area contributed by atoms with Gasteiger partial charge < -0.3 is 9.47 Å². The summed E-state index contributed by atoms with van der Waals surface area (Å²) in [5, 5.41) is 9.24. The lowest BCUT2D eigenvalue weighted by atomic mass is 9.79. The van der Waals surface area contributed by atoms with Crippen LogP contribution in [0.4, 0.5) is 0 Å². The van der Waals surface area contributed by atoms with Crippen LogP contribution in [0.15, 0.2) is 12.1 Å². The lowest BCUT2D eigenvalue weighted by Gasteiger charge is -2.36. The van der Waals surface area contributed by atoms with E-state index in [2.05, 4.69) is 6.07 Å². The molecule has 3 heteroatoms. The van der Waals surface area contributed by atoms with E-state index in [4.69, 9.17) is 9.47 Å². The highest BCUT2D eigenvalue weighted by molar-refractivity contribution is 5.48. The smallest absolute Gasteiger partial charge is 0.129 e. The summed E-state index contributed by atoms with van der Waals surface area (Å²) in [6.07, 6.45) is 0. The first-order chi connectivity index (χ1) is 7.63. The Bertz CT molecular complexity index is 432. The molecule has 0 spiro atoms. The minimum atomic E-state index is -0.443. The number of hydrogen-bond acceptors (Lipinski definition) is 3. The van der Waals surface area contributed by atoms with Crippen molar-refractivity contribution in [1.82, 2.24) is 0 Å². The van der Waals surface area contributed by atoms with Crippen LogP contribution in [0.25, 0.3) is 0 Å². The van der Waals surface area contributed by atoms with Crippen molar-refractivity contribution in [1.29, 1.82) is 5.26 Å². The normalized spacial score (nSPS) is 17.4. The highest BCUT2D eigenvalue weighted by atomic mass is 16.5. The van der Waals surface area contributed by atoms with E-state index in [9.17, 15) is 5.26 Å². The molecule has 0 aliphatic carbocycles. The molecule has 1 aliphatic heterocycles. The van der Waals surface area contributed by atoms with E-state index in [1.54, 1.807) is 7.11 Å². The lowest BCUT2D eigenvalue weighted by molar-refractivity contribution is -0.0298. The summed E-state index contributed by atoms with van der Waals surface area (Å²) in [7, 11) is 1.67. The van der Waals surface area contributed by atoms with E-state index in [0.29, 0.717) is 13.2 Å². The first-order valence-corrected chi connectivity index (χ1v) is 5.28. The average Bonchev–Trinajstić information content (AvgIpc) is 2.16. The Morgan fingerprint density at radius 1 is 1.31 bits per heavy atom. The maximum Gasteiger partial charge on any atom is 0.129 e. The van der Waals surface area contributed by atoms with E-state index in [0.717, 1.165) is 22.4 Å². The fourth-order valence-corrected chi connectivity index (χ4v) is 2.15. The maximum absolute atomic E-state index is 9.24. The number of nitriles is 1. The molecular weight excluding hydrogens is 202 g/mol. The Labute approximate surface area is 95.6 Å². The Balaban J connectivity index is 2.48. The number of benzene rings is 1. The first kappa shape index (κ1) is 11.0. The van der Waals surface area contributed by atoms with Crippen LogP contribution in [-0.2, 0) is 10.2 Å². The highest BCUT2D eigenvalue weighted by Crippen LogP contribution is 2.35. The van der Waals surface area contributed by atoms with Crippen LogP contribution in [0.1, 0.15) is 16.7 Å². The minimum absolute atomic E-state index is 0.443. The summed E-state index contributed by atoms with van der Waals surface area (Å²) in [5.41, 5.74) is 2.73. The van der Waals surface area contributed by atoms with Crippen LogP contribution >= 0.6 is 0 Å². The molecule has 0 bridgehead atoms. The predicted molar refractivity (Wildman–Crippen MR) is 60.6 cm³/mol. The molecule has 16 heavy (non-hydrogen) atoms. The van der Waals surface area contributed by atoms with Gasteiger partial charge in [0.2, 0.25) is 0 Å². The molecule has 0 N–H and O–H groups in total. The van der Waals surface area contributed by atoms with E-state index >= 15 is 0 Å². The Morgan fingerprint density at radius 3 is 2.19 bits per heavy atom. The van der Waals surface area contributed by atoms with Crippen molar-refractivity contribution in [2.24, 2.45) is 0 Å². The lowest BCUT2D eigenvalue weighted by Crippen LogP contribution is -2.45. The van der Waals surface area contributed by atoms with Gasteiger partial charge in [-0.15, -0.1) is 0 Å². The van der Waals surface area contributed by atoms with Gasteiger partial charge in [-0.3, -0.25) is 0 Å². The second kappa shape index (κ2) is 3.80. The van der Waals surface area contributed by atoms with Crippen molar-refractivity contribution in [2.75, 3.05) is 20.3 Å². The minimum Gasteiger partial charge on any atom is -0.496 e. The van der Waals surface area contributed by atoms with E-state index in [-0.39, 0.29) is 0 Å². The van der Waals surface area contributed by atoms with E-state index < -0.39 is 5.41 Å². The Morgan fingerprint density at radius 2 is 1.88 bits per heavy atom. The van der Waals surface area contributed by atoms with E-state index in [1.165, 1.54) is 0 Å². The standard InChI is InChI=1S/C13H15NO2/c1-9-4-11(5-10(2)12(9)15-3)13(6-14)7-16-8-13/h4-5H,7-8H2,1-3H3. The third-order valence-corrected chi connectivity index (χ3v) is 3.13. The van der Waals surface area contributed by atoms with Crippen LogP contribution in [0, 0.1) is 25.2 Å². The monoisotopic (exact) mass is 217 g/mol. The van der Waals surface area contributed by atoms with Crippen LogP contribution in [0.5, 0.6) is 5.75 Å². The molecule has 1 aromatic rings. The van der Waals surface area contributed by atoms with Crippen LogP contribution in [0.3, 0.4) is 0 Å². The number of ether oxygens (including phenoxy) is 2. The van der Waals surface area contributed by atoms with Gasteiger partial charge in [0, 0.05) is 0 Å². The van der Waals surface area contributed by atoms with Crippen LogP contribution in [0.2, 0.25) is 0 Å². The van der Waals surface area contributed by atoms with Gasteiger partial charge in [0.25, 0.3) is 0 Å². The molecule has 0 atom stereocenters. The maximum atomic E-state index is 9.24. The predicted octanol–water partition coefficient (Wildman–Crippen LogP) is 2.10. The molecule has 0 unspecified atom stereocenters. The van der Waals surface area contributed by atoms with Crippen LogP contribution < -0.4 is 4.74 Å². The molecule has 1 aromatic carbocycles. The van der Waals surface area contributed by atoms with Gasteiger partial charge in [0.15, 0.2) is 0 Å². The summed E-state index contributed by atoms with van der Waals surface area (Å²) in [4.78, 5) is 0. The van der Waals surface area contributed by atoms with Crippen molar-refractivity contribution in [3.8, 4) is 11.8 Å². The zero-order valence-corrected chi connectivity index (χ0v) is 9.83. The number of nitrogens with zero attached hydrogens (tertiary/aromatic N) is 1. The molecule has 0 saturated carbocycles. The van der Waals surface area contributed by atoms with Crippen molar-refractivity contribution in [3.63, 3.8) is 0 Å². The molecule has 3 nitrogen and oxygen atoms in total. The third-order valence-electron chi connectivity index (χ3n) is 3.13. The van der Waals surface area contributed by atoms with Crippen molar-refractivity contribution < 1.29 is 9.47 Å². The summed E-state index contributed by atoms with van der Waals surface area (Å²) < 4.78 is 10.5. The molecule has 0 amide bonds. The molecule has 1 fully saturated rings. The summed E-state index contributed by atoms with van der Waals surface area (Å²) in [5.74, 6) is 0.900. The summed E-state index contributed by atoms with van der Waals surface area (Å²) in [6.45, 7) is 4.99. The molecule has 0 aromatic heterocycles. The van der Waals surface area contributed by atoms with Gasteiger partial charge in [-0.1, -0.05) is 12.1 Å². The van der Waals surface area contributed by atoms with E-state index in [1.807, 2.05) is 26.0 Å². The third kappa shape index (κ3) is 1.46. The van der Waals surface area contributed by atoms with Gasteiger partial charge in [-0.25, -0.2) is 0 Å². The number of rotatable bonds is 2. The first-order valence-electron chi connectivity index (χ1n) is 5.28. The topological polar surface area (TPSA) is 42.2 Å². The number of hydrogen-bond donors (Lipinski definition) is 0. The molecule has 1 saturated heterocycles. The van der Waals surface area contributed by atoms with Crippen molar-refractivity contribution >= 4 is 0 Å². The molecule has 1 heterocycles. The number of methoxy groups -OCH3 is 1. The van der Waals surface area contributed by atoms with Crippen molar-refractivity contribution in [2.45, 2.75) is 19.3 Å². The highest BCUT2D eigenvalue weighted by Gasteiger charge is 2.41. The van der Waals surface area contributed by atoms with Gasteiger partial charge in [-0.05, 0) is 30.5 Å². The summed E-state index contributed by atoms with van der Waals surface area (Å²) >= 11 is 0. The van der Waals surface area contributed by atoms with Gasteiger partial charge in [-0.2, -0.15) is 5.26 Å². The fraction of sp³-hybridized carbons (Fsp3) is 0.462. The quantitative estimate of drug-likeness (QED) is 0.761. The summed E-state index contributed by atoms with van der Waals surface area (Å²) in [6, 6.07) is 6.41. The zero-order chi connectivity index (χ0) is 11.8.